The molecule has 0 aromatic heterocycles. The molecule has 0 saturated heterocycles. The van der Waals surface area contributed by atoms with Crippen molar-refractivity contribution in [3.8, 4) is 0 Å². The van der Waals surface area contributed by atoms with E-state index in [2.05, 4.69) is 28.1 Å². The SMILES string of the molecule is CCCCCCCCCCCCCCCCCCOP([O-])OCC[N+](C)(C)C. The van der Waals surface area contributed by atoms with E-state index in [1.165, 1.54) is 96.3 Å². The van der Waals surface area contributed by atoms with Gasteiger partial charge in [-0.3, -0.25) is 0 Å². The van der Waals surface area contributed by atoms with Gasteiger partial charge >= 0.3 is 0 Å². The number of likely N-dealkylation sites (N-methyl/N-ethyl adjacent to an activating group) is 1. The molecule has 170 valence electrons. The Morgan fingerprint density at radius 1 is 0.571 bits per heavy atom. The first-order valence-corrected chi connectivity index (χ1v) is 13.1. The molecule has 0 heterocycles. The molecular formula is C23H50NO3P. The third-order valence-corrected chi connectivity index (χ3v) is 5.94. The molecule has 5 heteroatoms. The van der Waals surface area contributed by atoms with Crippen LogP contribution in [0, 0.1) is 0 Å². The number of hydrogen-bond acceptors (Lipinski definition) is 3. The summed E-state index contributed by atoms with van der Waals surface area (Å²) in [4.78, 5) is 11.6. The molecule has 0 saturated carbocycles. The third kappa shape index (κ3) is 24.3. The highest BCUT2D eigenvalue weighted by molar-refractivity contribution is 7.39. The standard InChI is InChI=1S/C23H50NO3P/c1-5-6-7-8-9-10-11-12-13-14-15-16-17-18-19-20-22-26-28(25)27-23-21-24(2,3)4/h5-23H2,1-4H3. The summed E-state index contributed by atoms with van der Waals surface area (Å²) in [5.74, 6) is 0. The predicted octanol–water partition coefficient (Wildman–Crippen LogP) is 6.57. The van der Waals surface area contributed by atoms with Crippen LogP contribution in [0.4, 0.5) is 0 Å². The monoisotopic (exact) mass is 419 g/mol. The fourth-order valence-corrected chi connectivity index (χ4v) is 3.80. The number of nitrogens with zero attached hydrogens (tertiary/aromatic N) is 1. The van der Waals surface area contributed by atoms with Gasteiger partial charge in [-0.25, -0.2) is 0 Å². The molecule has 0 radical (unpaired) electrons. The van der Waals surface area contributed by atoms with Crippen molar-refractivity contribution >= 4 is 8.60 Å². The smallest absolute Gasteiger partial charge is 0.102 e. The molecule has 28 heavy (non-hydrogen) atoms. The van der Waals surface area contributed by atoms with Gasteiger partial charge in [-0.15, -0.1) is 0 Å². The third-order valence-electron chi connectivity index (χ3n) is 5.15. The Morgan fingerprint density at radius 3 is 1.32 bits per heavy atom. The normalized spacial score (nSPS) is 13.2. The molecule has 0 aliphatic rings. The van der Waals surface area contributed by atoms with Gasteiger partial charge in [-0.1, -0.05) is 103 Å². The Kier molecular flexibility index (Phi) is 20.7. The minimum Gasteiger partial charge on any atom is -0.786 e. The Bertz CT molecular complexity index is 311. The summed E-state index contributed by atoms with van der Waals surface area (Å²) in [6.07, 6.45) is 21.7. The lowest BCUT2D eigenvalue weighted by atomic mass is 10.0. The summed E-state index contributed by atoms with van der Waals surface area (Å²) < 4.78 is 11.3. The molecule has 0 aromatic carbocycles. The second-order valence-corrected chi connectivity index (χ2v) is 10.2. The molecule has 0 amide bonds. The van der Waals surface area contributed by atoms with Crippen LogP contribution in [0.25, 0.3) is 0 Å². The summed E-state index contributed by atoms with van der Waals surface area (Å²) in [5.41, 5.74) is 0. The van der Waals surface area contributed by atoms with Crippen LogP contribution in [0.15, 0.2) is 0 Å². The first-order valence-electron chi connectivity index (χ1n) is 12.0. The van der Waals surface area contributed by atoms with E-state index in [1.807, 2.05) is 0 Å². The average molecular weight is 420 g/mol. The predicted molar refractivity (Wildman–Crippen MR) is 121 cm³/mol. The van der Waals surface area contributed by atoms with Crippen LogP contribution in [0.2, 0.25) is 0 Å². The van der Waals surface area contributed by atoms with Gasteiger partial charge in [0.1, 0.15) is 13.2 Å². The zero-order valence-electron chi connectivity index (χ0n) is 19.6. The fraction of sp³-hybridized carbons (Fsp3) is 1.00. The van der Waals surface area contributed by atoms with Crippen LogP contribution in [0.3, 0.4) is 0 Å². The van der Waals surface area contributed by atoms with E-state index in [1.54, 1.807) is 0 Å². The average Bonchev–Trinajstić information content (AvgIpc) is 2.63. The second kappa shape index (κ2) is 20.5. The summed E-state index contributed by atoms with van der Waals surface area (Å²) in [5, 5.41) is 0. The maximum atomic E-state index is 11.6. The quantitative estimate of drug-likeness (QED) is 0.113. The van der Waals surface area contributed by atoms with Crippen molar-refractivity contribution < 1.29 is 18.4 Å². The Morgan fingerprint density at radius 2 is 0.929 bits per heavy atom. The first kappa shape index (κ1) is 28.3. The van der Waals surface area contributed by atoms with Crippen LogP contribution in [-0.2, 0) is 9.05 Å². The molecule has 1 unspecified atom stereocenters. The number of rotatable bonds is 22. The molecule has 1 atom stereocenters. The molecule has 0 N–H and O–H groups in total. The van der Waals surface area contributed by atoms with E-state index in [0.29, 0.717) is 13.2 Å². The fourth-order valence-electron chi connectivity index (χ4n) is 3.22. The van der Waals surface area contributed by atoms with Crippen molar-refractivity contribution in [3.63, 3.8) is 0 Å². The molecule has 4 nitrogen and oxygen atoms in total. The highest BCUT2D eigenvalue weighted by Crippen LogP contribution is 2.27. The van der Waals surface area contributed by atoms with Gasteiger partial charge in [0.2, 0.25) is 0 Å². The molecule has 0 spiro atoms. The number of quaternary nitrogens is 1. The lowest BCUT2D eigenvalue weighted by molar-refractivity contribution is -0.870. The largest absolute Gasteiger partial charge is 0.786 e. The van der Waals surface area contributed by atoms with E-state index >= 15 is 0 Å². The molecule has 0 bridgehead atoms. The lowest BCUT2D eigenvalue weighted by Gasteiger charge is -2.27. The van der Waals surface area contributed by atoms with Crippen LogP contribution < -0.4 is 4.89 Å². The number of hydrogen-bond donors (Lipinski definition) is 0. The highest BCUT2D eigenvalue weighted by Gasteiger charge is 2.06. The van der Waals surface area contributed by atoms with E-state index in [0.717, 1.165) is 17.4 Å². The van der Waals surface area contributed by atoms with E-state index in [9.17, 15) is 4.89 Å². The Hall–Kier alpha value is 0.270. The van der Waals surface area contributed by atoms with Gasteiger partial charge in [0.15, 0.2) is 0 Å². The molecule has 0 aromatic rings. The van der Waals surface area contributed by atoms with E-state index in [-0.39, 0.29) is 0 Å². The molecule has 0 aliphatic carbocycles. The maximum Gasteiger partial charge on any atom is 0.102 e. The lowest BCUT2D eigenvalue weighted by Crippen LogP contribution is -2.37. The van der Waals surface area contributed by atoms with Crippen molar-refractivity contribution in [1.82, 2.24) is 0 Å². The van der Waals surface area contributed by atoms with Crippen LogP contribution >= 0.6 is 8.60 Å². The Labute approximate surface area is 178 Å². The van der Waals surface area contributed by atoms with Gasteiger partial charge in [-0.2, -0.15) is 0 Å². The van der Waals surface area contributed by atoms with E-state index in [4.69, 9.17) is 9.05 Å². The number of unbranched alkanes of at least 4 members (excludes halogenated alkanes) is 15. The minimum atomic E-state index is -1.94. The molecule has 0 fully saturated rings. The van der Waals surface area contributed by atoms with Crippen molar-refractivity contribution in [2.45, 2.75) is 110 Å². The summed E-state index contributed by atoms with van der Waals surface area (Å²) in [7, 11) is 4.34. The van der Waals surface area contributed by atoms with Crippen LogP contribution in [0.1, 0.15) is 110 Å². The highest BCUT2D eigenvalue weighted by atomic mass is 31.2. The van der Waals surface area contributed by atoms with Gasteiger partial charge < -0.3 is 18.4 Å². The van der Waals surface area contributed by atoms with Gasteiger partial charge in [-0.05, 0) is 6.42 Å². The van der Waals surface area contributed by atoms with E-state index < -0.39 is 8.60 Å². The van der Waals surface area contributed by atoms with Gasteiger partial charge in [0.25, 0.3) is 0 Å². The maximum absolute atomic E-state index is 11.6. The Balaban J connectivity index is 3.14. The van der Waals surface area contributed by atoms with Crippen molar-refractivity contribution in [2.75, 3.05) is 40.9 Å². The summed E-state index contributed by atoms with van der Waals surface area (Å²) >= 11 is 0. The first-order chi connectivity index (χ1) is 13.5. The van der Waals surface area contributed by atoms with Crippen LogP contribution in [0.5, 0.6) is 0 Å². The van der Waals surface area contributed by atoms with Crippen molar-refractivity contribution in [1.29, 1.82) is 0 Å². The molecule has 0 aliphatic heterocycles. The zero-order chi connectivity index (χ0) is 20.9. The summed E-state index contributed by atoms with van der Waals surface area (Å²) in [6.45, 7) is 4.16. The zero-order valence-corrected chi connectivity index (χ0v) is 20.4. The second-order valence-electron chi connectivity index (χ2n) is 9.21. The molecule has 0 rings (SSSR count). The van der Waals surface area contributed by atoms with Gasteiger partial charge in [0, 0.05) is 0 Å². The van der Waals surface area contributed by atoms with Crippen molar-refractivity contribution in [3.05, 3.63) is 0 Å². The summed E-state index contributed by atoms with van der Waals surface area (Å²) in [6, 6.07) is 0. The minimum absolute atomic E-state index is 0.484. The van der Waals surface area contributed by atoms with Crippen LogP contribution in [-0.4, -0.2) is 45.4 Å². The topological polar surface area (TPSA) is 41.5 Å². The van der Waals surface area contributed by atoms with Gasteiger partial charge in [0.05, 0.1) is 36.4 Å². The molecular weight excluding hydrogens is 369 g/mol. The van der Waals surface area contributed by atoms with Crippen molar-refractivity contribution in [2.24, 2.45) is 0 Å².